The van der Waals surface area contributed by atoms with Crippen molar-refractivity contribution in [1.82, 2.24) is 9.88 Å². The Morgan fingerprint density at radius 2 is 2.04 bits per heavy atom. The van der Waals surface area contributed by atoms with Gasteiger partial charge in [-0.15, -0.1) is 0 Å². The van der Waals surface area contributed by atoms with Crippen LogP contribution in [-0.4, -0.2) is 41.5 Å². The van der Waals surface area contributed by atoms with Gasteiger partial charge < -0.3 is 14.4 Å². The van der Waals surface area contributed by atoms with Crippen LogP contribution in [0.4, 0.5) is 0 Å². The number of carbonyl (C=O) groups is 2. The molecule has 142 valence electrons. The van der Waals surface area contributed by atoms with Gasteiger partial charge in [0, 0.05) is 24.4 Å². The molecule has 6 nitrogen and oxygen atoms in total. The quantitative estimate of drug-likeness (QED) is 0.772. The lowest BCUT2D eigenvalue weighted by Crippen LogP contribution is -2.46. The Hall–Kier alpha value is -2.11. The van der Waals surface area contributed by atoms with Crippen LogP contribution in [0.15, 0.2) is 6.20 Å². The lowest BCUT2D eigenvalue weighted by atomic mass is 9.75. The Bertz CT molecular complexity index is 710. The van der Waals surface area contributed by atoms with Crippen molar-refractivity contribution in [3.05, 3.63) is 23.0 Å². The number of amides is 1. The number of pyridine rings is 1. The van der Waals surface area contributed by atoms with Crippen molar-refractivity contribution in [2.45, 2.75) is 64.5 Å². The Morgan fingerprint density at radius 1 is 1.35 bits per heavy atom. The molecule has 0 unspecified atom stereocenters. The summed E-state index contributed by atoms with van der Waals surface area (Å²) in [6.07, 6.45) is 6.70. The smallest absolute Gasteiger partial charge is 0.307 e. The van der Waals surface area contributed by atoms with E-state index in [2.05, 4.69) is 4.98 Å². The highest BCUT2D eigenvalue weighted by atomic mass is 16.6. The molecule has 0 N–H and O–H groups in total. The number of nitrogens with zero attached hydrogens (tertiary/aromatic N) is 2. The van der Waals surface area contributed by atoms with Gasteiger partial charge in [-0.3, -0.25) is 14.6 Å². The molecule has 1 aliphatic carbocycles. The molecule has 2 fully saturated rings. The summed E-state index contributed by atoms with van der Waals surface area (Å²) in [5.74, 6) is 0.148. The largest absolute Gasteiger partial charge is 0.496 e. The Labute approximate surface area is 154 Å². The summed E-state index contributed by atoms with van der Waals surface area (Å²) in [5, 5.41) is 0. The highest BCUT2D eigenvalue weighted by Gasteiger charge is 2.53. The molecule has 6 heteroatoms. The van der Waals surface area contributed by atoms with E-state index >= 15 is 0 Å². The predicted molar refractivity (Wildman–Crippen MR) is 96.8 cm³/mol. The highest BCUT2D eigenvalue weighted by Crippen LogP contribution is 2.45. The summed E-state index contributed by atoms with van der Waals surface area (Å²) in [7, 11) is 3.41. The van der Waals surface area contributed by atoms with Gasteiger partial charge in [-0.25, -0.2) is 0 Å². The molecule has 1 amide bonds. The van der Waals surface area contributed by atoms with Crippen LogP contribution in [-0.2, 0) is 20.9 Å². The van der Waals surface area contributed by atoms with Crippen molar-refractivity contribution in [1.29, 1.82) is 0 Å². The molecule has 26 heavy (non-hydrogen) atoms. The van der Waals surface area contributed by atoms with Crippen molar-refractivity contribution in [3.63, 3.8) is 0 Å². The van der Waals surface area contributed by atoms with Gasteiger partial charge in [-0.2, -0.15) is 0 Å². The topological polar surface area (TPSA) is 68.7 Å². The van der Waals surface area contributed by atoms with Crippen molar-refractivity contribution in [3.8, 4) is 5.75 Å². The number of ether oxygens (including phenoxy) is 2. The van der Waals surface area contributed by atoms with Gasteiger partial charge in [0.2, 0.25) is 5.91 Å². The van der Waals surface area contributed by atoms with Crippen molar-refractivity contribution in [2.24, 2.45) is 5.92 Å². The predicted octanol–water partition coefficient (Wildman–Crippen LogP) is 2.93. The lowest BCUT2D eigenvalue weighted by Gasteiger charge is -2.37. The molecule has 1 aliphatic heterocycles. The fraction of sp³-hybridized carbons (Fsp3) is 0.650. The number of aromatic nitrogens is 1. The van der Waals surface area contributed by atoms with Gasteiger partial charge >= 0.3 is 5.97 Å². The van der Waals surface area contributed by atoms with Crippen molar-refractivity contribution < 1.29 is 19.1 Å². The van der Waals surface area contributed by atoms with Crippen LogP contribution >= 0.6 is 0 Å². The summed E-state index contributed by atoms with van der Waals surface area (Å²) < 4.78 is 11.1. The summed E-state index contributed by atoms with van der Waals surface area (Å²) in [5.41, 5.74) is 2.14. The Balaban J connectivity index is 1.78. The van der Waals surface area contributed by atoms with Gasteiger partial charge in [-0.05, 0) is 39.5 Å². The maximum absolute atomic E-state index is 13.1. The fourth-order valence-corrected chi connectivity index (χ4v) is 4.40. The van der Waals surface area contributed by atoms with Crippen LogP contribution in [0.5, 0.6) is 5.75 Å². The molecule has 0 radical (unpaired) electrons. The zero-order valence-electron chi connectivity index (χ0n) is 16.1. The molecular formula is C20H28N2O4. The average molecular weight is 360 g/mol. The van der Waals surface area contributed by atoms with Gasteiger partial charge in [0.05, 0.1) is 31.7 Å². The molecular weight excluding hydrogens is 332 g/mol. The minimum absolute atomic E-state index is 0.0292. The molecule has 1 saturated heterocycles. The minimum atomic E-state index is -0.589. The standard InChI is InChI=1S/C20H28N2O4/c1-13-11-21-16(14(2)18(13)25-4)12-22(3)19(24)15-10-17(23)26-20(15)8-6-5-7-9-20/h11,15H,5-10,12H2,1-4H3/t15-/m1/s1. The molecule has 3 rings (SSSR count). The maximum atomic E-state index is 13.1. The summed E-state index contributed by atoms with van der Waals surface area (Å²) in [4.78, 5) is 31.3. The van der Waals surface area contributed by atoms with E-state index in [0.717, 1.165) is 54.7 Å². The van der Waals surface area contributed by atoms with Crippen LogP contribution in [0.1, 0.15) is 55.3 Å². The zero-order valence-corrected chi connectivity index (χ0v) is 16.1. The highest BCUT2D eigenvalue weighted by molar-refractivity contribution is 5.87. The maximum Gasteiger partial charge on any atom is 0.307 e. The van der Waals surface area contributed by atoms with Crippen LogP contribution in [0, 0.1) is 19.8 Å². The van der Waals surface area contributed by atoms with E-state index in [4.69, 9.17) is 9.47 Å². The van der Waals surface area contributed by atoms with E-state index in [-0.39, 0.29) is 24.2 Å². The van der Waals surface area contributed by atoms with E-state index in [1.54, 1.807) is 25.3 Å². The van der Waals surface area contributed by atoms with Crippen LogP contribution < -0.4 is 4.74 Å². The monoisotopic (exact) mass is 360 g/mol. The van der Waals surface area contributed by atoms with Crippen molar-refractivity contribution in [2.75, 3.05) is 14.2 Å². The number of aryl methyl sites for hydroxylation is 1. The SMILES string of the molecule is COc1c(C)cnc(CN(C)C(=O)[C@H]2CC(=O)OC23CCCCC3)c1C. The molecule has 2 heterocycles. The normalized spacial score (nSPS) is 21.5. The molecule has 1 spiro atoms. The number of hydrogen-bond acceptors (Lipinski definition) is 5. The molecule has 1 aromatic heterocycles. The number of hydrogen-bond donors (Lipinski definition) is 0. The molecule has 0 bridgehead atoms. The Morgan fingerprint density at radius 3 is 2.69 bits per heavy atom. The fourth-order valence-electron chi connectivity index (χ4n) is 4.40. The second kappa shape index (κ2) is 7.25. The van der Waals surface area contributed by atoms with Gasteiger partial charge in [0.1, 0.15) is 11.4 Å². The van der Waals surface area contributed by atoms with Crippen LogP contribution in [0.25, 0.3) is 0 Å². The number of carbonyl (C=O) groups excluding carboxylic acids is 2. The second-order valence-electron chi connectivity index (χ2n) is 7.60. The summed E-state index contributed by atoms with van der Waals surface area (Å²) >= 11 is 0. The Kier molecular flexibility index (Phi) is 5.21. The van der Waals surface area contributed by atoms with Gasteiger partial charge in [-0.1, -0.05) is 6.42 Å². The average Bonchev–Trinajstić information content (AvgIpc) is 2.93. The summed E-state index contributed by atoms with van der Waals surface area (Å²) in [6, 6.07) is 0. The number of esters is 1. The molecule has 1 saturated carbocycles. The lowest BCUT2D eigenvalue weighted by molar-refractivity contribution is -0.155. The third-order valence-electron chi connectivity index (χ3n) is 5.83. The first-order valence-electron chi connectivity index (χ1n) is 9.34. The van der Waals surface area contributed by atoms with Crippen LogP contribution in [0.3, 0.4) is 0 Å². The number of rotatable bonds is 4. The molecule has 2 aliphatic rings. The van der Waals surface area contributed by atoms with E-state index < -0.39 is 5.60 Å². The zero-order chi connectivity index (χ0) is 18.9. The molecule has 1 atom stereocenters. The van der Waals surface area contributed by atoms with Gasteiger partial charge in [0.15, 0.2) is 0 Å². The first-order valence-corrected chi connectivity index (χ1v) is 9.34. The second-order valence-corrected chi connectivity index (χ2v) is 7.60. The van der Waals surface area contributed by atoms with E-state index in [1.807, 2.05) is 13.8 Å². The number of methoxy groups -OCH3 is 1. The van der Waals surface area contributed by atoms with Gasteiger partial charge in [0.25, 0.3) is 0 Å². The summed E-state index contributed by atoms with van der Waals surface area (Å²) in [6.45, 7) is 4.30. The molecule has 0 aromatic carbocycles. The first kappa shape index (κ1) is 18.7. The van der Waals surface area contributed by atoms with Crippen molar-refractivity contribution >= 4 is 11.9 Å². The third-order valence-corrected chi connectivity index (χ3v) is 5.83. The first-order chi connectivity index (χ1) is 12.4. The van der Waals surface area contributed by atoms with E-state index in [9.17, 15) is 9.59 Å². The minimum Gasteiger partial charge on any atom is -0.496 e. The molecule has 1 aromatic rings. The van der Waals surface area contributed by atoms with E-state index in [1.165, 1.54) is 0 Å². The third kappa shape index (κ3) is 3.29. The van der Waals surface area contributed by atoms with Crippen LogP contribution in [0.2, 0.25) is 0 Å². The van der Waals surface area contributed by atoms with E-state index in [0.29, 0.717) is 6.54 Å².